The van der Waals surface area contributed by atoms with Crippen LogP contribution in [0.3, 0.4) is 0 Å². The highest BCUT2D eigenvalue weighted by atomic mass is 16.5. The van der Waals surface area contributed by atoms with Crippen LogP contribution in [0.5, 0.6) is 0 Å². The number of nitrogens with zero attached hydrogens (tertiary/aromatic N) is 2. The van der Waals surface area contributed by atoms with Gasteiger partial charge in [0.1, 0.15) is 0 Å². The number of hydrogen-bond acceptors (Lipinski definition) is 3. The van der Waals surface area contributed by atoms with Crippen LogP contribution in [-0.4, -0.2) is 61.3 Å². The summed E-state index contributed by atoms with van der Waals surface area (Å²) in [5, 5.41) is 3.01. The normalized spacial score (nSPS) is 22.3. The molecule has 1 unspecified atom stereocenters. The van der Waals surface area contributed by atoms with Crippen molar-refractivity contribution in [3.63, 3.8) is 0 Å². The van der Waals surface area contributed by atoms with Crippen LogP contribution in [0.4, 0.5) is 4.79 Å². The van der Waals surface area contributed by atoms with E-state index >= 15 is 0 Å². The van der Waals surface area contributed by atoms with E-state index in [9.17, 15) is 4.79 Å². The Kier molecular flexibility index (Phi) is 5.51. The molecule has 2 aliphatic heterocycles. The van der Waals surface area contributed by atoms with Crippen LogP contribution in [0.25, 0.3) is 0 Å². The van der Waals surface area contributed by atoms with Crippen molar-refractivity contribution in [2.75, 3.05) is 39.3 Å². The van der Waals surface area contributed by atoms with E-state index in [0.29, 0.717) is 6.54 Å². The highest BCUT2D eigenvalue weighted by Crippen LogP contribution is 2.12. The smallest absolute Gasteiger partial charge is 0.317 e. The molecule has 5 heteroatoms. The first-order valence-corrected chi connectivity index (χ1v) is 8.63. The van der Waals surface area contributed by atoms with Gasteiger partial charge in [0.25, 0.3) is 0 Å². The van der Waals surface area contributed by atoms with E-state index in [-0.39, 0.29) is 12.1 Å². The van der Waals surface area contributed by atoms with Gasteiger partial charge in [-0.05, 0) is 25.3 Å². The molecule has 2 saturated heterocycles. The summed E-state index contributed by atoms with van der Waals surface area (Å²) in [5.74, 6) is 0. The van der Waals surface area contributed by atoms with Crippen molar-refractivity contribution in [1.82, 2.24) is 15.1 Å². The van der Waals surface area contributed by atoms with E-state index in [1.54, 1.807) is 0 Å². The highest BCUT2D eigenvalue weighted by molar-refractivity contribution is 5.74. The van der Waals surface area contributed by atoms with Crippen molar-refractivity contribution in [3.8, 4) is 0 Å². The third-order valence-electron chi connectivity index (χ3n) is 4.69. The van der Waals surface area contributed by atoms with Gasteiger partial charge in [-0.2, -0.15) is 0 Å². The number of amides is 2. The van der Waals surface area contributed by atoms with E-state index in [2.05, 4.69) is 41.4 Å². The zero-order chi connectivity index (χ0) is 16.1. The minimum absolute atomic E-state index is 0.0514. The lowest BCUT2D eigenvalue weighted by molar-refractivity contribution is 0.104. The fraction of sp³-hybridized carbons (Fsp3) is 0.611. The molecule has 0 spiro atoms. The Morgan fingerprint density at radius 1 is 1.22 bits per heavy atom. The van der Waals surface area contributed by atoms with Gasteiger partial charge in [0.15, 0.2) is 0 Å². The third-order valence-corrected chi connectivity index (χ3v) is 4.69. The molecule has 2 heterocycles. The van der Waals surface area contributed by atoms with Gasteiger partial charge in [-0.1, -0.05) is 29.8 Å². The summed E-state index contributed by atoms with van der Waals surface area (Å²) in [5.41, 5.74) is 2.63. The second-order valence-electron chi connectivity index (χ2n) is 6.57. The zero-order valence-electron chi connectivity index (χ0n) is 14.0. The molecule has 0 aliphatic carbocycles. The number of aryl methyl sites for hydroxylation is 1. The lowest BCUT2D eigenvalue weighted by Crippen LogP contribution is -2.52. The van der Waals surface area contributed by atoms with Gasteiger partial charge in [0.05, 0.1) is 6.10 Å². The molecule has 2 fully saturated rings. The predicted molar refractivity (Wildman–Crippen MR) is 90.4 cm³/mol. The maximum atomic E-state index is 12.2. The van der Waals surface area contributed by atoms with Crippen LogP contribution in [0.1, 0.15) is 24.0 Å². The number of carbonyl (C=O) groups is 1. The van der Waals surface area contributed by atoms with Gasteiger partial charge in [-0.25, -0.2) is 4.79 Å². The van der Waals surface area contributed by atoms with E-state index in [4.69, 9.17) is 4.74 Å². The van der Waals surface area contributed by atoms with E-state index in [1.165, 1.54) is 11.1 Å². The molecule has 2 amide bonds. The summed E-state index contributed by atoms with van der Waals surface area (Å²) in [4.78, 5) is 16.5. The minimum Gasteiger partial charge on any atom is -0.376 e. The number of rotatable bonds is 4. The van der Waals surface area contributed by atoms with E-state index < -0.39 is 0 Å². The van der Waals surface area contributed by atoms with Crippen molar-refractivity contribution in [2.45, 2.75) is 32.4 Å². The second kappa shape index (κ2) is 7.79. The van der Waals surface area contributed by atoms with Crippen LogP contribution >= 0.6 is 0 Å². The predicted octanol–water partition coefficient (Wildman–Crippen LogP) is 2.00. The summed E-state index contributed by atoms with van der Waals surface area (Å²) in [7, 11) is 0. The number of hydrogen-bond donors (Lipinski definition) is 1. The summed E-state index contributed by atoms with van der Waals surface area (Å²) in [6.45, 7) is 8.00. The topological polar surface area (TPSA) is 44.8 Å². The molecule has 23 heavy (non-hydrogen) atoms. The van der Waals surface area contributed by atoms with E-state index in [1.807, 2.05) is 4.90 Å². The van der Waals surface area contributed by atoms with Gasteiger partial charge in [-0.3, -0.25) is 4.90 Å². The largest absolute Gasteiger partial charge is 0.376 e. The van der Waals surface area contributed by atoms with Gasteiger partial charge < -0.3 is 15.0 Å². The zero-order valence-corrected chi connectivity index (χ0v) is 14.0. The Balaban J connectivity index is 1.39. The maximum Gasteiger partial charge on any atom is 0.317 e. The molecule has 0 radical (unpaired) electrons. The molecule has 0 bridgehead atoms. The number of nitrogens with one attached hydrogen (secondary N) is 1. The van der Waals surface area contributed by atoms with Crippen molar-refractivity contribution in [3.05, 3.63) is 35.4 Å². The maximum absolute atomic E-state index is 12.2. The number of urea groups is 1. The molecule has 5 nitrogen and oxygen atoms in total. The molecule has 1 aromatic carbocycles. The molecule has 1 N–H and O–H groups in total. The molecule has 2 aliphatic rings. The number of piperazine rings is 1. The molecule has 1 atom stereocenters. The van der Waals surface area contributed by atoms with E-state index in [0.717, 1.165) is 52.2 Å². The van der Waals surface area contributed by atoms with Crippen molar-refractivity contribution < 1.29 is 9.53 Å². The van der Waals surface area contributed by atoms with Crippen molar-refractivity contribution in [2.24, 2.45) is 0 Å². The van der Waals surface area contributed by atoms with Crippen LogP contribution in [0, 0.1) is 6.92 Å². The Hall–Kier alpha value is -1.59. The van der Waals surface area contributed by atoms with Gasteiger partial charge in [-0.15, -0.1) is 0 Å². The Morgan fingerprint density at radius 2 is 1.96 bits per heavy atom. The van der Waals surface area contributed by atoms with Crippen LogP contribution < -0.4 is 5.32 Å². The average Bonchev–Trinajstić information content (AvgIpc) is 3.09. The molecular weight excluding hydrogens is 290 g/mol. The van der Waals surface area contributed by atoms with Crippen molar-refractivity contribution >= 4 is 6.03 Å². The highest BCUT2D eigenvalue weighted by Gasteiger charge is 2.22. The van der Waals surface area contributed by atoms with Gasteiger partial charge >= 0.3 is 6.03 Å². The van der Waals surface area contributed by atoms with Crippen LogP contribution in [-0.2, 0) is 11.3 Å². The van der Waals surface area contributed by atoms with Crippen molar-refractivity contribution in [1.29, 1.82) is 0 Å². The SMILES string of the molecule is Cc1ccc(CN2CCN(C(=O)NCC3CCCO3)CC2)cc1. The monoisotopic (exact) mass is 317 g/mol. The lowest BCUT2D eigenvalue weighted by atomic mass is 10.1. The van der Waals surface area contributed by atoms with Crippen LogP contribution in [0.15, 0.2) is 24.3 Å². The number of carbonyl (C=O) groups excluding carboxylic acids is 1. The Morgan fingerprint density at radius 3 is 2.61 bits per heavy atom. The molecule has 126 valence electrons. The first-order chi connectivity index (χ1) is 11.2. The summed E-state index contributed by atoms with van der Waals surface area (Å²) >= 11 is 0. The quantitative estimate of drug-likeness (QED) is 0.924. The minimum atomic E-state index is 0.0514. The summed E-state index contributed by atoms with van der Waals surface area (Å²) in [6.07, 6.45) is 2.38. The fourth-order valence-corrected chi connectivity index (χ4v) is 3.18. The third kappa shape index (κ3) is 4.69. The lowest BCUT2D eigenvalue weighted by Gasteiger charge is -2.34. The first-order valence-electron chi connectivity index (χ1n) is 8.63. The average molecular weight is 317 g/mol. The van der Waals surface area contributed by atoms with Gasteiger partial charge in [0, 0.05) is 45.9 Å². The summed E-state index contributed by atoms with van der Waals surface area (Å²) < 4.78 is 5.54. The second-order valence-corrected chi connectivity index (χ2v) is 6.57. The van der Waals surface area contributed by atoms with Crippen LogP contribution in [0.2, 0.25) is 0 Å². The van der Waals surface area contributed by atoms with Gasteiger partial charge in [0.2, 0.25) is 0 Å². The molecule has 0 aromatic heterocycles. The standard InChI is InChI=1S/C18H27N3O2/c1-15-4-6-16(7-5-15)14-20-8-10-21(11-9-20)18(22)19-13-17-3-2-12-23-17/h4-7,17H,2-3,8-14H2,1H3,(H,19,22). The number of ether oxygens (including phenoxy) is 1. The first kappa shape index (κ1) is 16.3. The Labute approximate surface area is 138 Å². The molecule has 1 aromatic rings. The fourth-order valence-electron chi connectivity index (χ4n) is 3.18. The number of benzene rings is 1. The molecular formula is C18H27N3O2. The molecule has 3 rings (SSSR count). The Bertz CT molecular complexity index is 504. The summed E-state index contributed by atoms with van der Waals surface area (Å²) in [6, 6.07) is 8.75. The molecule has 0 saturated carbocycles.